The fraction of sp³-hybridized carbons (Fsp3) is 0.0938. The molecule has 0 fully saturated rings. The normalized spacial score (nSPS) is 11.1. The van der Waals surface area contributed by atoms with E-state index in [4.69, 9.17) is 4.74 Å². The molecule has 0 atom stereocenters. The van der Waals surface area contributed by atoms with Crippen LogP contribution in [0.2, 0.25) is 0 Å². The summed E-state index contributed by atoms with van der Waals surface area (Å²) in [5.74, 6) is 0.366. The number of aromatic nitrogens is 2. The molecular weight excluding hydrogens is 552 g/mol. The van der Waals surface area contributed by atoms with Gasteiger partial charge in [-0.25, -0.2) is 10.1 Å². The number of carbonyl (C=O) groups excluding carboxylic acids is 1. The minimum Gasteiger partial charge on any atom is -0.489 e. The van der Waals surface area contributed by atoms with Gasteiger partial charge in [0.25, 0.3) is 5.91 Å². The van der Waals surface area contributed by atoms with Gasteiger partial charge in [-0.1, -0.05) is 70.0 Å². The fourth-order valence-electron chi connectivity index (χ4n) is 4.00. The molecule has 5 aromatic rings. The van der Waals surface area contributed by atoms with E-state index >= 15 is 0 Å². The molecule has 1 heterocycles. The van der Waals surface area contributed by atoms with Gasteiger partial charge in [-0.3, -0.25) is 4.79 Å². The van der Waals surface area contributed by atoms with E-state index in [1.54, 1.807) is 17.0 Å². The molecule has 0 aliphatic heterocycles. The van der Waals surface area contributed by atoms with Crippen molar-refractivity contribution < 1.29 is 9.53 Å². The standard InChI is InChI=1S/C32H27BrN4O2/c1-22-6-12-26(13-7-22)31-19-30(36-37(31)28-5-3-4-23(2)18-28)32(38)35-34-20-24-10-16-29(17-11-24)39-21-25-8-14-27(33)15-9-25/h3-20H,21H2,1-2H3,(H,35,38)/b34-20-. The minimum atomic E-state index is -0.388. The predicted molar refractivity (Wildman–Crippen MR) is 158 cm³/mol. The monoisotopic (exact) mass is 578 g/mol. The molecule has 0 spiro atoms. The third-order valence-electron chi connectivity index (χ3n) is 6.11. The van der Waals surface area contributed by atoms with Gasteiger partial charge in [0.2, 0.25) is 0 Å². The molecule has 0 aliphatic rings. The van der Waals surface area contributed by atoms with Crippen molar-refractivity contribution in [2.75, 3.05) is 0 Å². The Morgan fingerprint density at radius 2 is 1.67 bits per heavy atom. The molecule has 39 heavy (non-hydrogen) atoms. The van der Waals surface area contributed by atoms with Crippen LogP contribution in [0.5, 0.6) is 5.75 Å². The molecular formula is C32H27BrN4O2. The quantitative estimate of drug-likeness (QED) is 0.155. The van der Waals surface area contributed by atoms with Gasteiger partial charge in [0, 0.05) is 10.0 Å². The third kappa shape index (κ3) is 6.69. The molecule has 0 radical (unpaired) electrons. The van der Waals surface area contributed by atoms with Crippen molar-refractivity contribution in [3.63, 3.8) is 0 Å². The van der Waals surface area contributed by atoms with E-state index in [2.05, 4.69) is 31.6 Å². The highest BCUT2D eigenvalue weighted by atomic mass is 79.9. The third-order valence-corrected chi connectivity index (χ3v) is 6.64. The van der Waals surface area contributed by atoms with Crippen LogP contribution in [0, 0.1) is 13.8 Å². The number of amides is 1. The molecule has 0 bridgehead atoms. The van der Waals surface area contributed by atoms with Gasteiger partial charge in [0.1, 0.15) is 12.4 Å². The Kier molecular flexibility index (Phi) is 7.99. The number of rotatable bonds is 8. The Morgan fingerprint density at radius 3 is 2.38 bits per heavy atom. The van der Waals surface area contributed by atoms with Crippen molar-refractivity contribution in [1.82, 2.24) is 15.2 Å². The molecule has 7 heteroatoms. The molecule has 6 nitrogen and oxygen atoms in total. The zero-order chi connectivity index (χ0) is 27.2. The molecule has 1 N–H and O–H groups in total. The van der Waals surface area contributed by atoms with Crippen LogP contribution < -0.4 is 10.2 Å². The maximum absolute atomic E-state index is 13.0. The van der Waals surface area contributed by atoms with Crippen molar-refractivity contribution in [2.45, 2.75) is 20.5 Å². The van der Waals surface area contributed by atoms with Crippen molar-refractivity contribution in [1.29, 1.82) is 0 Å². The Morgan fingerprint density at radius 1 is 0.923 bits per heavy atom. The fourth-order valence-corrected chi connectivity index (χ4v) is 4.26. The molecule has 0 unspecified atom stereocenters. The van der Waals surface area contributed by atoms with E-state index in [0.717, 1.165) is 49.4 Å². The SMILES string of the molecule is Cc1ccc(-c2cc(C(=O)N/N=C\c3ccc(OCc4ccc(Br)cc4)cc3)nn2-c2cccc(C)c2)cc1. The van der Waals surface area contributed by atoms with E-state index < -0.39 is 0 Å². The number of hydrazone groups is 1. The van der Waals surface area contributed by atoms with E-state index in [9.17, 15) is 4.79 Å². The number of benzene rings is 4. The van der Waals surface area contributed by atoms with Gasteiger partial charge < -0.3 is 4.74 Å². The number of halogens is 1. The summed E-state index contributed by atoms with van der Waals surface area (Å²) in [4.78, 5) is 13.0. The zero-order valence-corrected chi connectivity index (χ0v) is 23.2. The second-order valence-electron chi connectivity index (χ2n) is 9.21. The van der Waals surface area contributed by atoms with Crippen molar-refractivity contribution >= 4 is 28.1 Å². The van der Waals surface area contributed by atoms with E-state index in [1.807, 2.05) is 111 Å². The number of aryl methyl sites for hydroxylation is 2. The van der Waals surface area contributed by atoms with Crippen LogP contribution in [-0.2, 0) is 6.61 Å². The maximum Gasteiger partial charge on any atom is 0.291 e. The molecule has 0 saturated heterocycles. The first kappa shape index (κ1) is 26.1. The van der Waals surface area contributed by atoms with Gasteiger partial charge in [-0.05, 0) is 85.1 Å². The zero-order valence-electron chi connectivity index (χ0n) is 21.6. The van der Waals surface area contributed by atoms with E-state index in [0.29, 0.717) is 6.61 Å². The summed E-state index contributed by atoms with van der Waals surface area (Å²) in [7, 11) is 0. The van der Waals surface area contributed by atoms with Gasteiger partial charge in [0.15, 0.2) is 5.69 Å². The average Bonchev–Trinajstić information content (AvgIpc) is 3.40. The first-order valence-electron chi connectivity index (χ1n) is 12.5. The molecule has 5 rings (SSSR count). The Labute approximate surface area is 236 Å². The summed E-state index contributed by atoms with van der Waals surface area (Å²) < 4.78 is 8.68. The minimum absolute atomic E-state index is 0.279. The summed E-state index contributed by atoms with van der Waals surface area (Å²) >= 11 is 3.44. The van der Waals surface area contributed by atoms with Crippen LogP contribution in [0.15, 0.2) is 113 Å². The Bertz CT molecular complexity index is 1610. The molecule has 1 amide bonds. The first-order chi connectivity index (χ1) is 18.9. The predicted octanol–water partition coefficient (Wildman–Crippen LogP) is 7.26. The molecule has 1 aromatic heterocycles. The van der Waals surface area contributed by atoms with Crippen molar-refractivity contribution in [3.05, 3.63) is 136 Å². The lowest BCUT2D eigenvalue weighted by atomic mass is 10.1. The molecule has 194 valence electrons. The molecule has 0 saturated carbocycles. The first-order valence-corrected chi connectivity index (χ1v) is 13.3. The second-order valence-corrected chi connectivity index (χ2v) is 10.1. The van der Waals surface area contributed by atoms with Gasteiger partial charge in [0.05, 0.1) is 17.6 Å². The van der Waals surface area contributed by atoms with Gasteiger partial charge in [-0.2, -0.15) is 10.2 Å². The summed E-state index contributed by atoms with van der Waals surface area (Å²) in [6, 6.07) is 33.5. The summed E-state index contributed by atoms with van der Waals surface area (Å²) in [5.41, 5.74) is 9.75. The van der Waals surface area contributed by atoms with Crippen molar-refractivity contribution in [2.24, 2.45) is 5.10 Å². The summed E-state index contributed by atoms with van der Waals surface area (Å²) in [6.45, 7) is 4.56. The Hall–Kier alpha value is -4.49. The van der Waals surface area contributed by atoms with Crippen LogP contribution in [-0.4, -0.2) is 21.9 Å². The lowest BCUT2D eigenvalue weighted by Crippen LogP contribution is -2.18. The van der Waals surface area contributed by atoms with Gasteiger partial charge in [-0.15, -0.1) is 0 Å². The highest BCUT2D eigenvalue weighted by molar-refractivity contribution is 9.10. The van der Waals surface area contributed by atoms with Crippen molar-refractivity contribution in [3.8, 4) is 22.7 Å². The smallest absolute Gasteiger partial charge is 0.291 e. The highest BCUT2D eigenvalue weighted by Gasteiger charge is 2.16. The van der Waals surface area contributed by atoms with E-state index in [-0.39, 0.29) is 11.6 Å². The summed E-state index contributed by atoms with van der Waals surface area (Å²) in [5, 5.41) is 8.76. The number of hydrogen-bond donors (Lipinski definition) is 1. The van der Waals surface area contributed by atoms with Crippen LogP contribution >= 0.6 is 15.9 Å². The largest absolute Gasteiger partial charge is 0.489 e. The number of nitrogens with one attached hydrogen (secondary N) is 1. The highest BCUT2D eigenvalue weighted by Crippen LogP contribution is 2.25. The Balaban J connectivity index is 1.27. The average molecular weight is 579 g/mol. The topological polar surface area (TPSA) is 68.5 Å². The van der Waals surface area contributed by atoms with Crippen LogP contribution in [0.1, 0.15) is 32.7 Å². The second kappa shape index (κ2) is 11.9. The maximum atomic E-state index is 13.0. The van der Waals surface area contributed by atoms with Crippen LogP contribution in [0.3, 0.4) is 0 Å². The van der Waals surface area contributed by atoms with Crippen LogP contribution in [0.4, 0.5) is 0 Å². The van der Waals surface area contributed by atoms with Crippen LogP contribution in [0.25, 0.3) is 16.9 Å². The van der Waals surface area contributed by atoms with E-state index in [1.165, 1.54) is 0 Å². The number of carbonyl (C=O) groups is 1. The molecule has 0 aliphatic carbocycles. The lowest BCUT2D eigenvalue weighted by Gasteiger charge is -2.08. The van der Waals surface area contributed by atoms with Gasteiger partial charge >= 0.3 is 0 Å². The number of nitrogens with zero attached hydrogens (tertiary/aromatic N) is 3. The summed E-state index contributed by atoms with van der Waals surface area (Å²) in [6.07, 6.45) is 1.59. The number of ether oxygens (including phenoxy) is 1. The lowest BCUT2D eigenvalue weighted by molar-refractivity contribution is 0.0949. The number of hydrogen-bond acceptors (Lipinski definition) is 4. The molecule has 4 aromatic carbocycles.